The van der Waals surface area contributed by atoms with Crippen LogP contribution in [0.5, 0.6) is 0 Å². The Morgan fingerprint density at radius 1 is 1.44 bits per heavy atom. The van der Waals surface area contributed by atoms with Gasteiger partial charge in [0.2, 0.25) is 11.8 Å². The normalized spacial score (nSPS) is 19.2. The molecule has 5 nitrogen and oxygen atoms in total. The molecule has 1 fully saturated rings. The summed E-state index contributed by atoms with van der Waals surface area (Å²) in [7, 11) is 0. The fourth-order valence-corrected chi connectivity index (χ4v) is 2.34. The number of amides is 2. The van der Waals surface area contributed by atoms with E-state index < -0.39 is 0 Å². The van der Waals surface area contributed by atoms with Crippen LogP contribution in [0.4, 0.5) is 5.69 Å². The third-order valence-corrected chi connectivity index (χ3v) is 3.28. The lowest BCUT2D eigenvalue weighted by Gasteiger charge is -2.19. The van der Waals surface area contributed by atoms with Gasteiger partial charge in [0.25, 0.3) is 0 Å². The van der Waals surface area contributed by atoms with E-state index in [0.717, 1.165) is 16.8 Å². The van der Waals surface area contributed by atoms with Crippen molar-refractivity contribution in [3.8, 4) is 0 Å². The first-order chi connectivity index (χ1) is 8.52. The van der Waals surface area contributed by atoms with Crippen LogP contribution in [-0.4, -0.2) is 18.4 Å². The summed E-state index contributed by atoms with van der Waals surface area (Å²) in [5, 5.41) is 0. The fraction of sp³-hybridized carbons (Fsp3) is 0.385. The van der Waals surface area contributed by atoms with Gasteiger partial charge in [-0.2, -0.15) is 0 Å². The monoisotopic (exact) mass is 247 g/mol. The van der Waals surface area contributed by atoms with Crippen molar-refractivity contribution in [2.45, 2.75) is 20.3 Å². The molecule has 1 aromatic rings. The summed E-state index contributed by atoms with van der Waals surface area (Å²) in [6, 6.07) is 5.91. The molecule has 1 heterocycles. The lowest BCUT2D eigenvalue weighted by atomic mass is 10.1. The summed E-state index contributed by atoms with van der Waals surface area (Å²) in [6.45, 7) is 4.37. The van der Waals surface area contributed by atoms with Gasteiger partial charge in [0.15, 0.2) is 0 Å². The number of hydrogen-bond donors (Lipinski definition) is 2. The Morgan fingerprint density at radius 3 is 2.78 bits per heavy atom. The number of nitrogens with zero attached hydrogens (tertiary/aromatic N) is 1. The second-order valence-corrected chi connectivity index (χ2v) is 4.70. The predicted molar refractivity (Wildman–Crippen MR) is 68.7 cm³/mol. The molecule has 1 atom stereocenters. The Kier molecular flexibility index (Phi) is 3.34. The predicted octanol–water partition coefficient (Wildman–Crippen LogP) is 0.646. The number of aryl methyl sites for hydroxylation is 2. The zero-order valence-corrected chi connectivity index (χ0v) is 10.6. The Morgan fingerprint density at radius 2 is 2.17 bits per heavy atom. The number of carbonyl (C=O) groups excluding carboxylic acids is 2. The third kappa shape index (κ3) is 2.22. The van der Waals surface area contributed by atoms with Gasteiger partial charge in [0.05, 0.1) is 5.92 Å². The Balaban J connectivity index is 2.24. The van der Waals surface area contributed by atoms with Crippen molar-refractivity contribution in [3.63, 3.8) is 0 Å². The van der Waals surface area contributed by atoms with Crippen molar-refractivity contribution in [2.24, 2.45) is 11.8 Å². The van der Waals surface area contributed by atoms with E-state index in [2.05, 4.69) is 5.43 Å². The van der Waals surface area contributed by atoms with Crippen LogP contribution in [0.3, 0.4) is 0 Å². The second-order valence-electron chi connectivity index (χ2n) is 4.70. The molecule has 0 bridgehead atoms. The smallest absolute Gasteiger partial charge is 0.239 e. The summed E-state index contributed by atoms with van der Waals surface area (Å²) in [5.41, 5.74) is 5.17. The standard InChI is InChI=1S/C13H17N3O2/c1-8-3-4-11(9(2)5-8)16-7-10(6-12(16)17)13(18)15-14/h3-5,10H,6-7,14H2,1-2H3,(H,15,18). The van der Waals surface area contributed by atoms with E-state index in [1.54, 1.807) is 4.90 Å². The van der Waals surface area contributed by atoms with Gasteiger partial charge in [-0.05, 0) is 25.5 Å². The number of rotatable bonds is 2. The van der Waals surface area contributed by atoms with Gasteiger partial charge in [-0.15, -0.1) is 0 Å². The first-order valence-corrected chi connectivity index (χ1v) is 5.91. The van der Waals surface area contributed by atoms with Crippen molar-refractivity contribution in [1.82, 2.24) is 5.43 Å². The molecule has 1 aliphatic rings. The van der Waals surface area contributed by atoms with Gasteiger partial charge in [-0.3, -0.25) is 15.0 Å². The Labute approximate surface area is 106 Å². The molecule has 96 valence electrons. The molecule has 5 heteroatoms. The van der Waals surface area contributed by atoms with E-state index in [9.17, 15) is 9.59 Å². The Hall–Kier alpha value is -1.88. The maximum atomic E-state index is 11.9. The van der Waals surface area contributed by atoms with E-state index in [4.69, 9.17) is 5.84 Å². The lowest BCUT2D eigenvalue weighted by Crippen LogP contribution is -2.37. The molecule has 2 amide bonds. The van der Waals surface area contributed by atoms with Crippen LogP contribution in [0.15, 0.2) is 18.2 Å². The van der Waals surface area contributed by atoms with Crippen LogP contribution in [0.1, 0.15) is 17.5 Å². The highest BCUT2D eigenvalue weighted by Crippen LogP contribution is 2.28. The Bertz CT molecular complexity index is 499. The SMILES string of the molecule is Cc1ccc(N2CC(C(=O)NN)CC2=O)c(C)c1. The second kappa shape index (κ2) is 4.78. The highest BCUT2D eigenvalue weighted by atomic mass is 16.2. The molecule has 18 heavy (non-hydrogen) atoms. The summed E-state index contributed by atoms with van der Waals surface area (Å²) in [5.74, 6) is 4.43. The van der Waals surface area contributed by atoms with Gasteiger partial charge in [-0.25, -0.2) is 5.84 Å². The molecule has 1 unspecified atom stereocenters. The van der Waals surface area contributed by atoms with Crippen molar-refractivity contribution in [1.29, 1.82) is 0 Å². The number of benzene rings is 1. The molecule has 0 aromatic heterocycles. The van der Waals surface area contributed by atoms with Crippen LogP contribution >= 0.6 is 0 Å². The molecular weight excluding hydrogens is 230 g/mol. The summed E-state index contributed by atoms with van der Waals surface area (Å²) in [6.07, 6.45) is 0.219. The number of hydrogen-bond acceptors (Lipinski definition) is 3. The quantitative estimate of drug-likeness (QED) is 0.457. The molecular formula is C13H17N3O2. The number of hydrazine groups is 1. The molecule has 0 spiro atoms. The average Bonchev–Trinajstić information content (AvgIpc) is 2.70. The largest absolute Gasteiger partial charge is 0.311 e. The molecule has 0 saturated carbocycles. The van der Waals surface area contributed by atoms with Gasteiger partial charge < -0.3 is 4.90 Å². The van der Waals surface area contributed by atoms with Crippen molar-refractivity contribution in [2.75, 3.05) is 11.4 Å². The third-order valence-electron chi connectivity index (χ3n) is 3.28. The molecule has 1 saturated heterocycles. The zero-order valence-electron chi connectivity index (χ0n) is 10.6. The maximum absolute atomic E-state index is 11.9. The van der Waals surface area contributed by atoms with E-state index in [0.29, 0.717) is 6.54 Å². The van der Waals surface area contributed by atoms with Crippen LogP contribution in [-0.2, 0) is 9.59 Å². The van der Waals surface area contributed by atoms with Crippen LogP contribution in [0.2, 0.25) is 0 Å². The minimum absolute atomic E-state index is 0.0319. The minimum Gasteiger partial charge on any atom is -0.311 e. The first kappa shape index (κ1) is 12.6. The first-order valence-electron chi connectivity index (χ1n) is 5.91. The highest BCUT2D eigenvalue weighted by Gasteiger charge is 2.35. The number of nitrogens with two attached hydrogens (primary N) is 1. The van der Waals surface area contributed by atoms with Gasteiger partial charge in [-0.1, -0.05) is 17.7 Å². The van der Waals surface area contributed by atoms with Crippen molar-refractivity contribution >= 4 is 17.5 Å². The van der Waals surface area contributed by atoms with Gasteiger partial charge in [0, 0.05) is 18.7 Å². The summed E-state index contributed by atoms with van der Waals surface area (Å²) < 4.78 is 0. The van der Waals surface area contributed by atoms with Crippen LogP contribution in [0, 0.1) is 19.8 Å². The van der Waals surface area contributed by atoms with Crippen molar-refractivity contribution < 1.29 is 9.59 Å². The lowest BCUT2D eigenvalue weighted by molar-refractivity contribution is -0.126. The molecule has 2 rings (SSSR count). The molecule has 1 aromatic carbocycles. The number of nitrogens with one attached hydrogen (secondary N) is 1. The van der Waals surface area contributed by atoms with Gasteiger partial charge >= 0.3 is 0 Å². The summed E-state index contributed by atoms with van der Waals surface area (Å²) in [4.78, 5) is 25.1. The molecule has 3 N–H and O–H groups in total. The maximum Gasteiger partial charge on any atom is 0.239 e. The van der Waals surface area contributed by atoms with E-state index in [1.807, 2.05) is 32.0 Å². The van der Waals surface area contributed by atoms with Crippen LogP contribution < -0.4 is 16.2 Å². The van der Waals surface area contributed by atoms with Crippen LogP contribution in [0.25, 0.3) is 0 Å². The molecule has 0 aliphatic carbocycles. The average molecular weight is 247 g/mol. The highest BCUT2D eigenvalue weighted by molar-refractivity contribution is 6.00. The van der Waals surface area contributed by atoms with Crippen molar-refractivity contribution in [3.05, 3.63) is 29.3 Å². The molecule has 0 radical (unpaired) electrons. The van der Waals surface area contributed by atoms with E-state index >= 15 is 0 Å². The molecule has 1 aliphatic heterocycles. The number of anilines is 1. The summed E-state index contributed by atoms with van der Waals surface area (Å²) >= 11 is 0. The minimum atomic E-state index is -0.358. The fourth-order valence-electron chi connectivity index (χ4n) is 2.34. The van der Waals surface area contributed by atoms with E-state index in [1.165, 1.54) is 0 Å². The topological polar surface area (TPSA) is 75.4 Å². The zero-order chi connectivity index (χ0) is 13.3. The van der Waals surface area contributed by atoms with Gasteiger partial charge in [0.1, 0.15) is 0 Å². The number of carbonyl (C=O) groups is 2. The van der Waals surface area contributed by atoms with E-state index in [-0.39, 0.29) is 24.2 Å².